The molecule has 0 aliphatic rings. The molecule has 0 saturated carbocycles. The number of halogens is 1. The van der Waals surface area contributed by atoms with Crippen LogP contribution in [0.1, 0.15) is 28.4 Å². The molecule has 0 bridgehead atoms. The van der Waals surface area contributed by atoms with Crippen molar-refractivity contribution in [1.29, 1.82) is 0 Å². The Hall–Kier alpha value is -1.56. The van der Waals surface area contributed by atoms with Crippen LogP contribution in [0.3, 0.4) is 0 Å². The zero-order valence-corrected chi connectivity index (χ0v) is 13.3. The van der Waals surface area contributed by atoms with E-state index in [0.29, 0.717) is 12.1 Å². The first-order valence-corrected chi connectivity index (χ1v) is 7.53. The molecule has 0 aliphatic heterocycles. The van der Waals surface area contributed by atoms with Gasteiger partial charge in [0.25, 0.3) is 5.91 Å². The van der Waals surface area contributed by atoms with Gasteiger partial charge in [0.2, 0.25) is 0 Å². The van der Waals surface area contributed by atoms with Crippen LogP contribution in [0.2, 0.25) is 0 Å². The van der Waals surface area contributed by atoms with E-state index in [1.807, 2.05) is 18.2 Å². The third-order valence-electron chi connectivity index (χ3n) is 3.14. The van der Waals surface area contributed by atoms with Gasteiger partial charge in [0.05, 0.1) is 5.56 Å². The summed E-state index contributed by atoms with van der Waals surface area (Å²) in [5, 5.41) is 12.6. The Morgan fingerprint density at radius 3 is 2.60 bits per heavy atom. The summed E-state index contributed by atoms with van der Waals surface area (Å²) in [4.78, 5) is 12.1. The summed E-state index contributed by atoms with van der Waals surface area (Å²) >= 11 is 2.12. The van der Waals surface area contributed by atoms with Crippen molar-refractivity contribution < 1.29 is 9.90 Å². The van der Waals surface area contributed by atoms with Crippen LogP contribution < -0.4 is 5.32 Å². The first kappa shape index (κ1) is 14.8. The molecule has 1 amide bonds. The highest BCUT2D eigenvalue weighted by molar-refractivity contribution is 14.1. The van der Waals surface area contributed by atoms with Crippen molar-refractivity contribution in [2.45, 2.75) is 19.9 Å². The molecule has 0 atom stereocenters. The third kappa shape index (κ3) is 3.50. The summed E-state index contributed by atoms with van der Waals surface area (Å²) in [5.74, 6) is -0.251. The van der Waals surface area contributed by atoms with Crippen LogP contribution in [0.5, 0.6) is 5.75 Å². The molecule has 4 heteroatoms. The van der Waals surface area contributed by atoms with E-state index in [4.69, 9.17) is 0 Å². The monoisotopic (exact) mass is 381 g/mol. The second kappa shape index (κ2) is 6.74. The number of amides is 1. The topological polar surface area (TPSA) is 49.3 Å². The second-order valence-electron chi connectivity index (χ2n) is 4.47. The van der Waals surface area contributed by atoms with Crippen LogP contribution in [0.4, 0.5) is 0 Å². The molecule has 0 saturated heterocycles. The van der Waals surface area contributed by atoms with Crippen molar-refractivity contribution in [2.75, 3.05) is 0 Å². The van der Waals surface area contributed by atoms with Crippen molar-refractivity contribution in [3.8, 4) is 5.75 Å². The van der Waals surface area contributed by atoms with E-state index < -0.39 is 0 Å². The van der Waals surface area contributed by atoms with Gasteiger partial charge in [-0.25, -0.2) is 0 Å². The van der Waals surface area contributed by atoms with Crippen molar-refractivity contribution in [2.24, 2.45) is 0 Å². The lowest BCUT2D eigenvalue weighted by Gasteiger charge is -2.10. The summed E-state index contributed by atoms with van der Waals surface area (Å²) in [5.41, 5.74) is 2.64. The fourth-order valence-corrected chi connectivity index (χ4v) is 2.53. The standard InChI is InChI=1S/C16H16INO2/c1-2-11-5-3-4-6-12(11)10-18-16(20)14-9-13(17)7-8-15(14)19/h3-9,19H,2,10H2,1H3,(H,18,20). The Morgan fingerprint density at radius 2 is 1.90 bits per heavy atom. The highest BCUT2D eigenvalue weighted by Crippen LogP contribution is 2.19. The van der Waals surface area contributed by atoms with Crippen molar-refractivity contribution >= 4 is 28.5 Å². The van der Waals surface area contributed by atoms with Crippen LogP contribution in [0, 0.1) is 3.57 Å². The Labute approximate surface area is 132 Å². The van der Waals surface area contributed by atoms with Crippen LogP contribution in [-0.4, -0.2) is 11.0 Å². The molecule has 0 heterocycles. The molecule has 104 valence electrons. The Balaban J connectivity index is 2.11. The summed E-state index contributed by atoms with van der Waals surface area (Å²) in [6.45, 7) is 2.56. The molecular formula is C16H16INO2. The predicted molar refractivity (Wildman–Crippen MR) is 87.8 cm³/mol. The normalized spacial score (nSPS) is 10.3. The third-order valence-corrected chi connectivity index (χ3v) is 3.81. The lowest BCUT2D eigenvalue weighted by atomic mass is 10.1. The van der Waals surface area contributed by atoms with E-state index in [1.165, 1.54) is 11.6 Å². The predicted octanol–water partition coefficient (Wildman–Crippen LogP) is 3.49. The molecule has 2 aromatic rings. The number of aromatic hydroxyl groups is 1. The second-order valence-corrected chi connectivity index (χ2v) is 5.71. The summed E-state index contributed by atoms with van der Waals surface area (Å²) < 4.78 is 0.916. The molecule has 20 heavy (non-hydrogen) atoms. The maximum atomic E-state index is 12.1. The largest absolute Gasteiger partial charge is 0.507 e. The molecule has 0 aliphatic carbocycles. The number of carbonyl (C=O) groups is 1. The fourth-order valence-electron chi connectivity index (χ4n) is 2.04. The van der Waals surface area contributed by atoms with Gasteiger partial charge in [-0.1, -0.05) is 31.2 Å². The lowest BCUT2D eigenvalue weighted by molar-refractivity contribution is 0.0948. The zero-order valence-electron chi connectivity index (χ0n) is 11.2. The quantitative estimate of drug-likeness (QED) is 0.797. The van der Waals surface area contributed by atoms with Gasteiger partial charge in [0.1, 0.15) is 5.75 Å². The van der Waals surface area contributed by atoms with Crippen LogP contribution >= 0.6 is 22.6 Å². The van der Waals surface area contributed by atoms with Crippen LogP contribution in [-0.2, 0) is 13.0 Å². The fraction of sp³-hybridized carbons (Fsp3) is 0.188. The molecule has 3 nitrogen and oxygen atoms in total. The number of nitrogens with one attached hydrogen (secondary N) is 1. The summed E-state index contributed by atoms with van der Waals surface area (Å²) in [6, 6.07) is 13.0. The number of carbonyl (C=O) groups excluding carboxylic acids is 1. The van der Waals surface area contributed by atoms with E-state index in [0.717, 1.165) is 15.6 Å². The van der Waals surface area contributed by atoms with Gasteiger partial charge < -0.3 is 10.4 Å². The molecule has 2 N–H and O–H groups in total. The highest BCUT2D eigenvalue weighted by atomic mass is 127. The van der Waals surface area contributed by atoms with Gasteiger partial charge in [-0.05, 0) is 58.3 Å². The molecule has 0 radical (unpaired) electrons. The number of rotatable bonds is 4. The van der Waals surface area contributed by atoms with Crippen LogP contribution in [0.25, 0.3) is 0 Å². The minimum absolute atomic E-state index is 0.00620. The molecule has 0 aromatic heterocycles. The number of phenolic OH excluding ortho intramolecular Hbond substituents is 1. The summed E-state index contributed by atoms with van der Waals surface area (Å²) in [6.07, 6.45) is 0.931. The van der Waals surface area contributed by atoms with E-state index in [9.17, 15) is 9.90 Å². The maximum Gasteiger partial charge on any atom is 0.255 e. The zero-order chi connectivity index (χ0) is 14.5. The number of phenols is 1. The van der Waals surface area contributed by atoms with Gasteiger partial charge in [0.15, 0.2) is 0 Å². The van der Waals surface area contributed by atoms with Gasteiger partial charge in [-0.2, -0.15) is 0 Å². The smallest absolute Gasteiger partial charge is 0.255 e. The van der Waals surface area contributed by atoms with Gasteiger partial charge in [-0.3, -0.25) is 4.79 Å². The van der Waals surface area contributed by atoms with Crippen molar-refractivity contribution in [3.63, 3.8) is 0 Å². The first-order chi connectivity index (χ1) is 9.61. The van der Waals surface area contributed by atoms with E-state index in [-0.39, 0.29) is 11.7 Å². The average molecular weight is 381 g/mol. The number of hydrogen-bond donors (Lipinski definition) is 2. The van der Waals surface area contributed by atoms with E-state index in [2.05, 4.69) is 40.9 Å². The molecule has 2 aromatic carbocycles. The molecule has 0 spiro atoms. The Morgan fingerprint density at radius 1 is 1.20 bits per heavy atom. The first-order valence-electron chi connectivity index (χ1n) is 6.45. The van der Waals surface area contributed by atoms with Crippen LogP contribution in [0.15, 0.2) is 42.5 Å². The Kier molecular flexibility index (Phi) is 5.00. The highest BCUT2D eigenvalue weighted by Gasteiger charge is 2.11. The van der Waals surface area contributed by atoms with Gasteiger partial charge in [-0.15, -0.1) is 0 Å². The SMILES string of the molecule is CCc1ccccc1CNC(=O)c1cc(I)ccc1O. The van der Waals surface area contributed by atoms with Gasteiger partial charge in [0, 0.05) is 10.1 Å². The molecule has 2 rings (SSSR count). The van der Waals surface area contributed by atoms with E-state index in [1.54, 1.807) is 12.1 Å². The number of aryl methyl sites for hydroxylation is 1. The Bertz CT molecular complexity index is 626. The van der Waals surface area contributed by atoms with Gasteiger partial charge >= 0.3 is 0 Å². The minimum atomic E-state index is -0.257. The maximum absolute atomic E-state index is 12.1. The lowest BCUT2D eigenvalue weighted by Crippen LogP contribution is -2.23. The summed E-state index contributed by atoms with van der Waals surface area (Å²) in [7, 11) is 0. The molecular weight excluding hydrogens is 365 g/mol. The average Bonchev–Trinajstić information content (AvgIpc) is 2.47. The van der Waals surface area contributed by atoms with Crippen molar-refractivity contribution in [3.05, 3.63) is 62.7 Å². The molecule has 0 fully saturated rings. The number of benzene rings is 2. The number of hydrogen-bond acceptors (Lipinski definition) is 2. The van der Waals surface area contributed by atoms with Crippen molar-refractivity contribution in [1.82, 2.24) is 5.32 Å². The minimum Gasteiger partial charge on any atom is -0.507 e. The molecule has 0 unspecified atom stereocenters. The van der Waals surface area contributed by atoms with E-state index >= 15 is 0 Å².